The van der Waals surface area contributed by atoms with Crippen molar-refractivity contribution >= 4 is 23.5 Å². The minimum atomic E-state index is -0.642. The van der Waals surface area contributed by atoms with E-state index in [0.717, 1.165) is 5.56 Å². The SMILES string of the molecule is C[C@@H](NC(=O)COC(=O)c1ccccc1Oc1ccccc1)c1ccccc1Cl. The first-order valence-corrected chi connectivity index (χ1v) is 9.45. The van der Waals surface area contributed by atoms with Gasteiger partial charge in [-0.1, -0.05) is 60.1 Å². The number of carbonyl (C=O) groups is 2. The number of rotatable bonds is 7. The van der Waals surface area contributed by atoms with Crippen molar-refractivity contribution in [1.29, 1.82) is 0 Å². The van der Waals surface area contributed by atoms with E-state index in [9.17, 15) is 9.59 Å². The first-order chi connectivity index (χ1) is 14.0. The van der Waals surface area contributed by atoms with E-state index in [1.54, 1.807) is 42.5 Å². The number of halogens is 1. The molecule has 0 saturated carbocycles. The summed E-state index contributed by atoms with van der Waals surface area (Å²) in [6.07, 6.45) is 0. The highest BCUT2D eigenvalue weighted by atomic mass is 35.5. The molecule has 3 aromatic rings. The third-order valence-corrected chi connectivity index (χ3v) is 4.51. The molecule has 0 saturated heterocycles. The van der Waals surface area contributed by atoms with Crippen molar-refractivity contribution in [1.82, 2.24) is 5.32 Å². The van der Waals surface area contributed by atoms with Gasteiger partial charge in [-0.25, -0.2) is 4.79 Å². The third kappa shape index (κ3) is 5.59. The molecule has 0 spiro atoms. The summed E-state index contributed by atoms with van der Waals surface area (Å²) in [4.78, 5) is 24.7. The molecular formula is C23H20ClNO4. The van der Waals surface area contributed by atoms with E-state index in [1.165, 1.54) is 0 Å². The number of amides is 1. The average Bonchev–Trinajstić information content (AvgIpc) is 2.73. The molecule has 1 atom stereocenters. The lowest BCUT2D eigenvalue weighted by Gasteiger charge is -2.16. The quantitative estimate of drug-likeness (QED) is 0.547. The Bertz CT molecular complexity index is 991. The number of nitrogens with one attached hydrogen (secondary N) is 1. The van der Waals surface area contributed by atoms with E-state index >= 15 is 0 Å². The fourth-order valence-corrected chi connectivity index (χ4v) is 3.04. The molecule has 0 bridgehead atoms. The lowest BCUT2D eigenvalue weighted by atomic mass is 10.1. The second-order valence-electron chi connectivity index (χ2n) is 6.30. The standard InChI is InChI=1S/C23H20ClNO4/c1-16(18-11-5-7-13-20(18)24)25-22(26)15-28-23(27)19-12-6-8-14-21(19)29-17-9-3-2-4-10-17/h2-14,16H,15H2,1H3,(H,25,26)/t16-/m1/s1. The fourth-order valence-electron chi connectivity index (χ4n) is 2.74. The molecule has 1 N–H and O–H groups in total. The van der Waals surface area contributed by atoms with Crippen LogP contribution in [0.15, 0.2) is 78.9 Å². The minimum Gasteiger partial charge on any atom is -0.456 e. The lowest BCUT2D eigenvalue weighted by Crippen LogP contribution is -2.31. The summed E-state index contributed by atoms with van der Waals surface area (Å²) in [6, 6.07) is 22.7. The number of benzene rings is 3. The van der Waals surface area contributed by atoms with Crippen molar-refractivity contribution in [2.75, 3.05) is 6.61 Å². The van der Waals surface area contributed by atoms with Crippen LogP contribution in [0.25, 0.3) is 0 Å². The van der Waals surface area contributed by atoms with Crippen LogP contribution < -0.4 is 10.1 Å². The van der Waals surface area contributed by atoms with Crippen LogP contribution in [-0.4, -0.2) is 18.5 Å². The Kier molecular flexibility index (Phi) is 6.87. The number of para-hydroxylation sites is 2. The van der Waals surface area contributed by atoms with Crippen molar-refractivity contribution in [3.63, 3.8) is 0 Å². The highest BCUT2D eigenvalue weighted by Gasteiger charge is 2.17. The number of hydrogen-bond donors (Lipinski definition) is 1. The molecular weight excluding hydrogens is 390 g/mol. The predicted molar refractivity (Wildman–Crippen MR) is 111 cm³/mol. The van der Waals surface area contributed by atoms with Gasteiger partial charge in [-0.3, -0.25) is 4.79 Å². The molecule has 0 aliphatic carbocycles. The smallest absolute Gasteiger partial charge is 0.342 e. The maximum atomic E-state index is 12.5. The topological polar surface area (TPSA) is 64.6 Å². The summed E-state index contributed by atoms with van der Waals surface area (Å²) in [7, 11) is 0. The Balaban J connectivity index is 1.59. The Morgan fingerprint density at radius 2 is 1.59 bits per heavy atom. The van der Waals surface area contributed by atoms with E-state index in [2.05, 4.69) is 5.32 Å². The minimum absolute atomic E-state index is 0.239. The highest BCUT2D eigenvalue weighted by Crippen LogP contribution is 2.26. The largest absolute Gasteiger partial charge is 0.456 e. The summed E-state index contributed by atoms with van der Waals surface area (Å²) < 4.78 is 10.9. The van der Waals surface area contributed by atoms with Crippen LogP contribution in [0.3, 0.4) is 0 Å². The zero-order valence-electron chi connectivity index (χ0n) is 15.8. The number of ether oxygens (including phenoxy) is 2. The van der Waals surface area contributed by atoms with Crippen LogP contribution in [0.5, 0.6) is 11.5 Å². The lowest BCUT2D eigenvalue weighted by molar-refractivity contribution is -0.124. The van der Waals surface area contributed by atoms with Gasteiger partial charge in [-0.05, 0) is 42.8 Å². The van der Waals surface area contributed by atoms with Crippen LogP contribution >= 0.6 is 11.6 Å². The molecule has 0 aliphatic heterocycles. The van der Waals surface area contributed by atoms with E-state index < -0.39 is 18.5 Å². The van der Waals surface area contributed by atoms with Gasteiger partial charge >= 0.3 is 5.97 Å². The van der Waals surface area contributed by atoms with Gasteiger partial charge in [0.1, 0.15) is 17.1 Å². The molecule has 3 aromatic carbocycles. The zero-order chi connectivity index (χ0) is 20.6. The Labute approximate surface area is 174 Å². The molecule has 0 aliphatic rings. The van der Waals surface area contributed by atoms with Crippen LogP contribution in [0, 0.1) is 0 Å². The molecule has 0 fully saturated rings. The number of esters is 1. The van der Waals surface area contributed by atoms with Crippen molar-refractivity contribution in [2.24, 2.45) is 0 Å². The van der Waals surface area contributed by atoms with E-state index in [1.807, 2.05) is 43.3 Å². The molecule has 0 aromatic heterocycles. The fraction of sp³-hybridized carbons (Fsp3) is 0.130. The highest BCUT2D eigenvalue weighted by molar-refractivity contribution is 6.31. The molecule has 3 rings (SSSR count). The van der Waals surface area contributed by atoms with Gasteiger partial charge in [0, 0.05) is 5.02 Å². The molecule has 0 unspecified atom stereocenters. The van der Waals surface area contributed by atoms with Gasteiger partial charge in [0.15, 0.2) is 6.61 Å². The van der Waals surface area contributed by atoms with Gasteiger partial charge in [-0.15, -0.1) is 0 Å². The predicted octanol–water partition coefficient (Wildman–Crippen LogP) is 5.17. The number of hydrogen-bond acceptors (Lipinski definition) is 4. The maximum Gasteiger partial charge on any atom is 0.342 e. The molecule has 0 radical (unpaired) electrons. The van der Waals surface area contributed by atoms with Crippen LogP contribution in [0.2, 0.25) is 5.02 Å². The van der Waals surface area contributed by atoms with Gasteiger partial charge in [-0.2, -0.15) is 0 Å². The molecule has 0 heterocycles. The first-order valence-electron chi connectivity index (χ1n) is 9.07. The molecule has 5 nitrogen and oxygen atoms in total. The monoisotopic (exact) mass is 409 g/mol. The zero-order valence-corrected chi connectivity index (χ0v) is 16.6. The summed E-state index contributed by atoms with van der Waals surface area (Å²) in [5.41, 5.74) is 1.03. The molecule has 1 amide bonds. The second kappa shape index (κ2) is 9.75. The van der Waals surface area contributed by atoms with Crippen molar-refractivity contribution < 1.29 is 19.1 Å². The Morgan fingerprint density at radius 1 is 0.931 bits per heavy atom. The molecule has 29 heavy (non-hydrogen) atoms. The van der Waals surface area contributed by atoms with Crippen LogP contribution in [-0.2, 0) is 9.53 Å². The van der Waals surface area contributed by atoms with Crippen molar-refractivity contribution in [2.45, 2.75) is 13.0 Å². The van der Waals surface area contributed by atoms with Crippen molar-refractivity contribution in [3.8, 4) is 11.5 Å². The number of carbonyl (C=O) groups excluding carboxylic acids is 2. The summed E-state index contributed by atoms with van der Waals surface area (Å²) in [6.45, 7) is 1.40. The third-order valence-electron chi connectivity index (χ3n) is 4.16. The van der Waals surface area contributed by atoms with Gasteiger partial charge in [0.05, 0.1) is 6.04 Å². The van der Waals surface area contributed by atoms with Gasteiger partial charge < -0.3 is 14.8 Å². The van der Waals surface area contributed by atoms with Crippen LogP contribution in [0.4, 0.5) is 0 Å². The maximum absolute atomic E-state index is 12.5. The average molecular weight is 410 g/mol. The van der Waals surface area contributed by atoms with E-state index in [-0.39, 0.29) is 11.6 Å². The molecule has 6 heteroatoms. The Hall–Kier alpha value is -3.31. The Morgan fingerprint density at radius 3 is 2.34 bits per heavy atom. The van der Waals surface area contributed by atoms with Gasteiger partial charge in [0.2, 0.25) is 0 Å². The summed E-state index contributed by atoms with van der Waals surface area (Å²) in [5, 5.41) is 3.33. The van der Waals surface area contributed by atoms with Crippen molar-refractivity contribution in [3.05, 3.63) is 95.0 Å². The second-order valence-corrected chi connectivity index (χ2v) is 6.71. The van der Waals surface area contributed by atoms with Gasteiger partial charge in [0.25, 0.3) is 5.91 Å². The summed E-state index contributed by atoms with van der Waals surface area (Å²) in [5.74, 6) is -0.114. The molecule has 148 valence electrons. The van der Waals surface area contributed by atoms with Crippen LogP contribution in [0.1, 0.15) is 28.9 Å². The normalized spacial score (nSPS) is 11.4. The van der Waals surface area contributed by atoms with E-state index in [0.29, 0.717) is 16.5 Å². The van der Waals surface area contributed by atoms with E-state index in [4.69, 9.17) is 21.1 Å². The summed E-state index contributed by atoms with van der Waals surface area (Å²) >= 11 is 6.14. The first kappa shape index (κ1) is 20.4.